The van der Waals surface area contributed by atoms with Gasteiger partial charge in [-0.2, -0.15) is 0 Å². The van der Waals surface area contributed by atoms with E-state index in [4.69, 9.17) is 0 Å². The Morgan fingerprint density at radius 3 is 2.25 bits per heavy atom. The van der Waals surface area contributed by atoms with Gasteiger partial charge in [-0.1, -0.05) is 24.1 Å². The molecular formula is C21H33N2O+. The third-order valence-electron chi connectivity index (χ3n) is 6.03. The molecule has 132 valence electrons. The molecule has 0 spiro atoms. The van der Waals surface area contributed by atoms with Gasteiger partial charge in [0.05, 0.1) is 12.6 Å². The molecular weight excluding hydrogens is 296 g/mol. The summed E-state index contributed by atoms with van der Waals surface area (Å²) in [5.74, 6) is 0.241. The molecule has 1 aromatic carbocycles. The van der Waals surface area contributed by atoms with E-state index in [-0.39, 0.29) is 11.9 Å². The van der Waals surface area contributed by atoms with Crippen molar-refractivity contribution < 1.29 is 9.69 Å². The van der Waals surface area contributed by atoms with E-state index >= 15 is 0 Å². The van der Waals surface area contributed by atoms with E-state index in [9.17, 15) is 4.79 Å². The number of hydrogen-bond donors (Lipinski definition) is 2. The SMILES string of the molecule is Cc1cc(C)c(NC(=O)[C@H]2CCCC[NH+]2C2CCCCC2)c(C)c1. The van der Waals surface area contributed by atoms with E-state index in [0.29, 0.717) is 6.04 Å². The third kappa shape index (κ3) is 3.83. The number of carbonyl (C=O) groups is 1. The molecule has 2 atom stereocenters. The van der Waals surface area contributed by atoms with Gasteiger partial charge in [0.25, 0.3) is 5.91 Å². The standard InChI is InChI=1S/C21H32N2O/c1-15-13-16(2)20(17(3)14-15)22-21(24)19-11-7-8-12-23(19)18-9-5-4-6-10-18/h13-14,18-19H,4-12H2,1-3H3,(H,22,24)/p+1/t19-/m1/s1. The van der Waals surface area contributed by atoms with E-state index in [1.165, 1.54) is 68.2 Å². The largest absolute Gasteiger partial charge is 0.322 e. The predicted octanol–water partition coefficient (Wildman–Crippen LogP) is 3.32. The van der Waals surface area contributed by atoms with Crippen molar-refractivity contribution in [1.82, 2.24) is 0 Å². The first-order valence-corrected chi connectivity index (χ1v) is 9.80. The Labute approximate surface area is 146 Å². The minimum atomic E-state index is 0.141. The maximum Gasteiger partial charge on any atom is 0.282 e. The lowest BCUT2D eigenvalue weighted by molar-refractivity contribution is -0.946. The molecule has 2 aliphatic rings. The minimum Gasteiger partial charge on any atom is -0.322 e. The number of amides is 1. The Hall–Kier alpha value is -1.35. The van der Waals surface area contributed by atoms with Crippen molar-refractivity contribution in [2.24, 2.45) is 0 Å². The summed E-state index contributed by atoms with van der Waals surface area (Å²) < 4.78 is 0. The molecule has 1 heterocycles. The lowest BCUT2D eigenvalue weighted by atomic mass is 9.90. The molecule has 1 saturated carbocycles. The van der Waals surface area contributed by atoms with Crippen LogP contribution in [0.3, 0.4) is 0 Å². The molecule has 3 heteroatoms. The van der Waals surface area contributed by atoms with Crippen LogP contribution in [0.2, 0.25) is 0 Å². The maximum absolute atomic E-state index is 13.1. The molecule has 1 unspecified atom stereocenters. The van der Waals surface area contributed by atoms with Crippen LogP contribution in [0.15, 0.2) is 12.1 Å². The molecule has 1 saturated heterocycles. The number of likely N-dealkylation sites (tertiary alicyclic amines) is 1. The first kappa shape index (κ1) is 17.5. The number of piperidine rings is 1. The molecule has 0 bridgehead atoms. The Morgan fingerprint density at radius 2 is 1.58 bits per heavy atom. The van der Waals surface area contributed by atoms with Gasteiger partial charge in [-0.05, 0) is 70.4 Å². The van der Waals surface area contributed by atoms with Gasteiger partial charge >= 0.3 is 0 Å². The van der Waals surface area contributed by atoms with Gasteiger partial charge in [0.1, 0.15) is 0 Å². The van der Waals surface area contributed by atoms with Crippen LogP contribution in [-0.4, -0.2) is 24.5 Å². The van der Waals surface area contributed by atoms with Crippen LogP contribution in [0, 0.1) is 20.8 Å². The number of aryl methyl sites for hydroxylation is 3. The number of hydrogen-bond acceptors (Lipinski definition) is 1. The lowest BCUT2D eigenvalue weighted by Gasteiger charge is -2.39. The van der Waals surface area contributed by atoms with Gasteiger partial charge < -0.3 is 10.2 Å². The molecule has 0 radical (unpaired) electrons. The highest BCUT2D eigenvalue weighted by Gasteiger charge is 2.37. The third-order valence-corrected chi connectivity index (χ3v) is 6.03. The molecule has 1 amide bonds. The number of quaternary nitrogens is 1. The zero-order chi connectivity index (χ0) is 17.1. The molecule has 3 nitrogen and oxygen atoms in total. The molecule has 2 N–H and O–H groups in total. The highest BCUT2D eigenvalue weighted by Crippen LogP contribution is 2.23. The first-order chi connectivity index (χ1) is 11.6. The summed E-state index contributed by atoms with van der Waals surface area (Å²) in [6.45, 7) is 7.49. The fraction of sp³-hybridized carbons (Fsp3) is 0.667. The number of anilines is 1. The Balaban J connectivity index is 1.74. The monoisotopic (exact) mass is 329 g/mol. The fourth-order valence-corrected chi connectivity index (χ4v) is 4.89. The van der Waals surface area contributed by atoms with E-state index in [2.05, 4.69) is 38.2 Å². The number of benzene rings is 1. The van der Waals surface area contributed by atoms with Crippen LogP contribution in [0.25, 0.3) is 0 Å². The van der Waals surface area contributed by atoms with Crippen LogP contribution >= 0.6 is 0 Å². The van der Waals surface area contributed by atoms with Crippen molar-refractivity contribution in [2.75, 3.05) is 11.9 Å². The Kier molecular flexibility index (Phi) is 5.60. The molecule has 24 heavy (non-hydrogen) atoms. The fourth-order valence-electron chi connectivity index (χ4n) is 4.89. The van der Waals surface area contributed by atoms with Crippen LogP contribution in [-0.2, 0) is 4.79 Å². The molecule has 0 aromatic heterocycles. The number of nitrogens with one attached hydrogen (secondary N) is 2. The number of rotatable bonds is 3. The average Bonchev–Trinajstić information content (AvgIpc) is 2.58. The normalized spacial score (nSPS) is 25.5. The summed E-state index contributed by atoms with van der Waals surface area (Å²) >= 11 is 0. The van der Waals surface area contributed by atoms with Gasteiger partial charge in [0, 0.05) is 12.1 Å². The van der Waals surface area contributed by atoms with Crippen molar-refractivity contribution in [3.05, 3.63) is 28.8 Å². The Morgan fingerprint density at radius 1 is 0.958 bits per heavy atom. The summed E-state index contributed by atoms with van der Waals surface area (Å²) in [6.07, 6.45) is 10.2. The van der Waals surface area contributed by atoms with Crippen LogP contribution in [0.1, 0.15) is 68.1 Å². The zero-order valence-electron chi connectivity index (χ0n) is 15.6. The van der Waals surface area contributed by atoms with Crippen LogP contribution in [0.5, 0.6) is 0 Å². The summed E-state index contributed by atoms with van der Waals surface area (Å²) in [4.78, 5) is 14.6. The van der Waals surface area contributed by atoms with Gasteiger partial charge in [-0.3, -0.25) is 4.79 Å². The van der Waals surface area contributed by atoms with E-state index < -0.39 is 0 Å². The van der Waals surface area contributed by atoms with Gasteiger partial charge in [-0.25, -0.2) is 0 Å². The minimum absolute atomic E-state index is 0.141. The quantitative estimate of drug-likeness (QED) is 0.876. The summed E-state index contributed by atoms with van der Waals surface area (Å²) in [5.41, 5.74) is 4.64. The van der Waals surface area contributed by atoms with Gasteiger partial charge in [0.2, 0.25) is 0 Å². The molecule has 1 aliphatic carbocycles. The van der Waals surface area contributed by atoms with Gasteiger partial charge in [-0.15, -0.1) is 0 Å². The van der Waals surface area contributed by atoms with Crippen molar-refractivity contribution >= 4 is 11.6 Å². The van der Waals surface area contributed by atoms with Crippen molar-refractivity contribution in [3.8, 4) is 0 Å². The second-order valence-corrected chi connectivity index (χ2v) is 7.97. The zero-order valence-corrected chi connectivity index (χ0v) is 15.6. The van der Waals surface area contributed by atoms with Crippen molar-refractivity contribution in [1.29, 1.82) is 0 Å². The second kappa shape index (κ2) is 7.69. The van der Waals surface area contributed by atoms with Crippen molar-refractivity contribution in [2.45, 2.75) is 84.2 Å². The second-order valence-electron chi connectivity index (χ2n) is 7.97. The molecule has 3 rings (SSSR count). The topological polar surface area (TPSA) is 33.5 Å². The Bertz CT molecular complexity index is 566. The highest BCUT2D eigenvalue weighted by molar-refractivity contribution is 5.95. The molecule has 1 aliphatic heterocycles. The first-order valence-electron chi connectivity index (χ1n) is 9.80. The summed E-state index contributed by atoms with van der Waals surface area (Å²) in [5, 5.41) is 3.28. The van der Waals surface area contributed by atoms with E-state index in [0.717, 1.165) is 12.1 Å². The highest BCUT2D eigenvalue weighted by atomic mass is 16.2. The predicted molar refractivity (Wildman–Crippen MR) is 99.6 cm³/mol. The molecule has 2 fully saturated rings. The average molecular weight is 330 g/mol. The van der Waals surface area contributed by atoms with Crippen molar-refractivity contribution in [3.63, 3.8) is 0 Å². The van der Waals surface area contributed by atoms with E-state index in [1.807, 2.05) is 0 Å². The van der Waals surface area contributed by atoms with Gasteiger partial charge in [0.15, 0.2) is 6.04 Å². The molecule has 1 aromatic rings. The number of carbonyl (C=O) groups excluding carboxylic acids is 1. The lowest BCUT2D eigenvalue weighted by Crippen LogP contribution is -3.21. The maximum atomic E-state index is 13.1. The summed E-state index contributed by atoms with van der Waals surface area (Å²) in [7, 11) is 0. The van der Waals surface area contributed by atoms with Crippen LogP contribution in [0.4, 0.5) is 5.69 Å². The summed E-state index contributed by atoms with van der Waals surface area (Å²) in [6, 6.07) is 5.17. The smallest absolute Gasteiger partial charge is 0.282 e. The van der Waals surface area contributed by atoms with E-state index in [1.54, 1.807) is 4.90 Å². The van der Waals surface area contributed by atoms with Crippen LogP contribution < -0.4 is 10.2 Å².